The van der Waals surface area contributed by atoms with Crippen LogP contribution < -0.4 is 15.5 Å². The van der Waals surface area contributed by atoms with Gasteiger partial charge in [0.15, 0.2) is 5.13 Å². The zero-order valence-electron chi connectivity index (χ0n) is 20.9. The highest BCUT2D eigenvalue weighted by molar-refractivity contribution is 7.17. The Bertz CT molecular complexity index is 1530. The van der Waals surface area contributed by atoms with Crippen LogP contribution in [0.2, 0.25) is 0 Å². The molecule has 0 saturated heterocycles. The van der Waals surface area contributed by atoms with Crippen molar-refractivity contribution in [3.63, 3.8) is 0 Å². The Morgan fingerprint density at radius 2 is 1.74 bits per heavy atom. The van der Waals surface area contributed by atoms with Crippen LogP contribution in [0.3, 0.4) is 0 Å². The predicted molar refractivity (Wildman–Crippen MR) is 144 cm³/mol. The van der Waals surface area contributed by atoms with E-state index in [9.17, 15) is 24.0 Å². The second kappa shape index (κ2) is 11.5. The number of carbonyl (C=O) groups excluding carboxylic acids is 5. The maximum atomic E-state index is 13.1. The summed E-state index contributed by atoms with van der Waals surface area (Å²) >= 11 is 7.19. The number of nitrogens with zero attached hydrogens (tertiary/aromatic N) is 2. The Hall–Kier alpha value is -4.55. The average molecular weight is 569 g/mol. The van der Waals surface area contributed by atoms with E-state index in [4.69, 9.17) is 21.1 Å². The second-order valence-electron chi connectivity index (χ2n) is 7.99. The van der Waals surface area contributed by atoms with Crippen molar-refractivity contribution >= 4 is 69.1 Å². The van der Waals surface area contributed by atoms with Gasteiger partial charge in [-0.05, 0) is 56.3 Å². The van der Waals surface area contributed by atoms with E-state index in [1.54, 1.807) is 13.8 Å². The van der Waals surface area contributed by atoms with Crippen molar-refractivity contribution in [2.45, 2.75) is 13.8 Å². The standard InChI is InChI=1S/C26H21ClN4O7S/c1-4-38-24(35)15-6-5-7-17(12-15)31-22(33)18(27)19(23(31)34)29-16-10-8-14(9-11-16)21(32)30-26-28-13(2)20(39-26)25(36)37-3/h5-12,29H,4H2,1-3H3,(H,28,30,32). The number of anilines is 3. The number of nitrogens with one attached hydrogen (secondary N) is 2. The van der Waals surface area contributed by atoms with Crippen LogP contribution in [0.5, 0.6) is 0 Å². The van der Waals surface area contributed by atoms with Crippen molar-refractivity contribution in [1.82, 2.24) is 4.98 Å². The van der Waals surface area contributed by atoms with Gasteiger partial charge in [-0.1, -0.05) is 29.0 Å². The molecule has 1 aliphatic rings. The number of halogens is 1. The SMILES string of the molecule is CCOC(=O)c1cccc(N2C(=O)C(Cl)=C(Nc3ccc(C(=O)Nc4nc(C)c(C(=O)OC)s4)cc3)C2=O)c1. The lowest BCUT2D eigenvalue weighted by molar-refractivity contribution is -0.120. The third-order valence-corrected chi connectivity index (χ3v) is 6.85. The smallest absolute Gasteiger partial charge is 0.350 e. The number of amides is 3. The van der Waals surface area contributed by atoms with Gasteiger partial charge >= 0.3 is 11.9 Å². The topological polar surface area (TPSA) is 144 Å². The summed E-state index contributed by atoms with van der Waals surface area (Å²) in [6, 6.07) is 11.9. The number of benzene rings is 2. The zero-order chi connectivity index (χ0) is 28.3. The van der Waals surface area contributed by atoms with Gasteiger partial charge in [-0.15, -0.1) is 0 Å². The molecule has 0 saturated carbocycles. The monoisotopic (exact) mass is 568 g/mol. The molecule has 0 bridgehead atoms. The molecule has 13 heteroatoms. The molecule has 2 N–H and O–H groups in total. The second-order valence-corrected chi connectivity index (χ2v) is 9.36. The van der Waals surface area contributed by atoms with Gasteiger partial charge in [0, 0.05) is 11.3 Å². The number of hydrogen-bond donors (Lipinski definition) is 2. The van der Waals surface area contributed by atoms with E-state index in [0.29, 0.717) is 11.4 Å². The van der Waals surface area contributed by atoms with Crippen LogP contribution in [-0.4, -0.2) is 48.4 Å². The molecule has 4 rings (SSSR count). The molecule has 1 aromatic heterocycles. The molecule has 0 aliphatic carbocycles. The normalized spacial score (nSPS) is 13.0. The van der Waals surface area contributed by atoms with Gasteiger partial charge in [-0.2, -0.15) is 0 Å². The molecule has 0 spiro atoms. The van der Waals surface area contributed by atoms with E-state index in [2.05, 4.69) is 15.6 Å². The van der Waals surface area contributed by atoms with Gasteiger partial charge in [0.25, 0.3) is 17.7 Å². The highest BCUT2D eigenvalue weighted by Gasteiger charge is 2.39. The summed E-state index contributed by atoms with van der Waals surface area (Å²) in [6.45, 7) is 3.47. The number of hydrogen-bond acceptors (Lipinski definition) is 10. The summed E-state index contributed by atoms with van der Waals surface area (Å²) in [5.74, 6) is -3.07. The largest absolute Gasteiger partial charge is 0.465 e. The molecule has 0 atom stereocenters. The van der Waals surface area contributed by atoms with Crippen molar-refractivity contribution in [2.75, 3.05) is 29.3 Å². The van der Waals surface area contributed by atoms with Crippen LogP contribution in [0.25, 0.3) is 0 Å². The highest BCUT2D eigenvalue weighted by Crippen LogP contribution is 2.31. The molecular formula is C26H21ClN4O7S. The molecule has 2 aromatic carbocycles. The van der Waals surface area contributed by atoms with Gasteiger partial charge < -0.3 is 14.8 Å². The molecule has 39 heavy (non-hydrogen) atoms. The van der Waals surface area contributed by atoms with Crippen molar-refractivity contribution in [1.29, 1.82) is 0 Å². The summed E-state index contributed by atoms with van der Waals surface area (Å²) in [6.07, 6.45) is 0. The molecule has 200 valence electrons. The lowest BCUT2D eigenvalue weighted by Crippen LogP contribution is -2.32. The van der Waals surface area contributed by atoms with Gasteiger partial charge in [0.05, 0.1) is 30.7 Å². The number of rotatable bonds is 8. The van der Waals surface area contributed by atoms with E-state index < -0.39 is 29.7 Å². The quantitative estimate of drug-likeness (QED) is 0.303. The average Bonchev–Trinajstić information content (AvgIpc) is 3.40. The molecule has 3 aromatic rings. The Labute approximate surface area is 231 Å². The fourth-order valence-electron chi connectivity index (χ4n) is 3.58. The lowest BCUT2D eigenvalue weighted by atomic mass is 10.2. The molecule has 0 fully saturated rings. The summed E-state index contributed by atoms with van der Waals surface area (Å²) in [5, 5.41) is 5.36. The van der Waals surface area contributed by atoms with E-state index in [-0.39, 0.29) is 44.2 Å². The van der Waals surface area contributed by atoms with Crippen LogP contribution in [0.1, 0.15) is 43.0 Å². The van der Waals surface area contributed by atoms with Crippen LogP contribution in [0, 0.1) is 6.92 Å². The Morgan fingerprint density at radius 1 is 1.03 bits per heavy atom. The first-order chi connectivity index (χ1) is 18.6. The molecule has 0 unspecified atom stereocenters. The number of esters is 2. The van der Waals surface area contributed by atoms with Crippen LogP contribution in [0.4, 0.5) is 16.5 Å². The van der Waals surface area contributed by atoms with Crippen molar-refractivity contribution in [3.05, 3.63) is 81.0 Å². The van der Waals surface area contributed by atoms with Crippen LogP contribution >= 0.6 is 22.9 Å². The minimum Gasteiger partial charge on any atom is -0.465 e. The molecule has 0 radical (unpaired) electrons. The molecule has 11 nitrogen and oxygen atoms in total. The number of thiazole rings is 1. The number of aromatic nitrogens is 1. The fourth-order valence-corrected chi connectivity index (χ4v) is 4.68. The molecule has 3 amide bonds. The van der Waals surface area contributed by atoms with Gasteiger partial charge in [-0.25, -0.2) is 19.5 Å². The number of imide groups is 1. The predicted octanol–water partition coefficient (Wildman–Crippen LogP) is 4.10. The minimum atomic E-state index is -0.758. The lowest BCUT2D eigenvalue weighted by Gasteiger charge is -2.16. The molecular weight excluding hydrogens is 548 g/mol. The first kappa shape index (κ1) is 27.5. The van der Waals surface area contributed by atoms with E-state index in [0.717, 1.165) is 16.2 Å². The molecule has 2 heterocycles. The van der Waals surface area contributed by atoms with Gasteiger partial charge in [-0.3, -0.25) is 19.7 Å². The van der Waals surface area contributed by atoms with Crippen LogP contribution in [-0.2, 0) is 19.1 Å². The van der Waals surface area contributed by atoms with Gasteiger partial charge in [0.1, 0.15) is 15.6 Å². The first-order valence-electron chi connectivity index (χ1n) is 11.4. The summed E-state index contributed by atoms with van der Waals surface area (Å²) in [5.41, 5.74) is 1.28. The van der Waals surface area contributed by atoms with E-state index in [1.165, 1.54) is 55.6 Å². The Balaban J connectivity index is 1.46. The minimum absolute atomic E-state index is 0.158. The van der Waals surface area contributed by atoms with Gasteiger partial charge in [0.2, 0.25) is 0 Å². The van der Waals surface area contributed by atoms with Crippen LogP contribution in [0.15, 0.2) is 59.3 Å². The maximum Gasteiger partial charge on any atom is 0.350 e. The Morgan fingerprint density at radius 3 is 2.41 bits per heavy atom. The maximum absolute atomic E-state index is 13.1. The number of ether oxygens (including phenoxy) is 2. The number of aryl methyl sites for hydroxylation is 1. The van der Waals surface area contributed by atoms with E-state index in [1.807, 2.05) is 0 Å². The zero-order valence-corrected chi connectivity index (χ0v) is 22.4. The Kier molecular flexibility index (Phi) is 8.07. The third kappa shape index (κ3) is 5.66. The fraction of sp³-hybridized carbons (Fsp3) is 0.154. The summed E-state index contributed by atoms with van der Waals surface area (Å²) in [4.78, 5) is 67.7. The van der Waals surface area contributed by atoms with Crippen molar-refractivity contribution < 1.29 is 33.4 Å². The molecule has 1 aliphatic heterocycles. The van der Waals surface area contributed by atoms with Crippen molar-refractivity contribution in [3.8, 4) is 0 Å². The first-order valence-corrected chi connectivity index (χ1v) is 12.6. The summed E-state index contributed by atoms with van der Waals surface area (Å²) < 4.78 is 9.67. The highest BCUT2D eigenvalue weighted by atomic mass is 35.5. The van der Waals surface area contributed by atoms with Crippen molar-refractivity contribution in [2.24, 2.45) is 0 Å². The number of carbonyl (C=O) groups is 5. The van der Waals surface area contributed by atoms with E-state index >= 15 is 0 Å². The number of methoxy groups -OCH3 is 1. The summed E-state index contributed by atoms with van der Waals surface area (Å²) in [7, 11) is 1.26. The third-order valence-electron chi connectivity index (χ3n) is 5.45.